The van der Waals surface area contributed by atoms with Gasteiger partial charge in [0.2, 0.25) is 5.78 Å². The highest BCUT2D eigenvalue weighted by Crippen LogP contribution is 2.43. The van der Waals surface area contributed by atoms with Gasteiger partial charge >= 0.3 is 0 Å². The summed E-state index contributed by atoms with van der Waals surface area (Å²) in [5.41, 5.74) is 2.00. The second-order valence-electron chi connectivity index (χ2n) is 9.69. The normalized spacial score (nSPS) is 16.5. The molecule has 1 atom stereocenters. The van der Waals surface area contributed by atoms with Crippen molar-refractivity contribution in [2.24, 2.45) is 18.4 Å². The monoisotopic (exact) mass is 500 g/mol. The standard InChI is InChI=1S/C24H25ClN4O2S2/c1-24(2,3)14-7-10-16-18(11-14)33-21-19(16)20(31)28(4)22-26-27-23(29(21)22)32-12-17(30)13-5-8-15(25)9-6-13/h5-6,8-9,14H,7,10-12H2,1-4H3. The molecule has 0 spiro atoms. The molecule has 1 aromatic carbocycles. The maximum Gasteiger partial charge on any atom is 0.263 e. The first kappa shape index (κ1) is 22.6. The molecule has 4 aromatic rings. The fourth-order valence-corrected chi connectivity index (χ4v) is 6.98. The van der Waals surface area contributed by atoms with Gasteiger partial charge in [-0.1, -0.05) is 44.1 Å². The van der Waals surface area contributed by atoms with Gasteiger partial charge in [-0.3, -0.25) is 14.2 Å². The Morgan fingerprint density at radius 2 is 1.97 bits per heavy atom. The van der Waals surface area contributed by atoms with Crippen LogP contribution in [0, 0.1) is 11.3 Å². The van der Waals surface area contributed by atoms with Crippen molar-refractivity contribution in [3.63, 3.8) is 0 Å². The fraction of sp³-hybridized carbons (Fsp3) is 0.417. The summed E-state index contributed by atoms with van der Waals surface area (Å²) in [6.45, 7) is 6.87. The van der Waals surface area contributed by atoms with Crippen molar-refractivity contribution in [2.75, 3.05) is 5.75 Å². The predicted octanol–water partition coefficient (Wildman–Crippen LogP) is 5.42. The summed E-state index contributed by atoms with van der Waals surface area (Å²) in [4.78, 5) is 28.1. The number of nitrogens with zero attached hydrogens (tertiary/aromatic N) is 4. The minimum absolute atomic E-state index is 0.00651. The number of rotatable bonds is 4. The van der Waals surface area contributed by atoms with E-state index in [9.17, 15) is 9.59 Å². The minimum Gasteiger partial charge on any atom is -0.293 e. The molecule has 1 aliphatic carbocycles. The molecule has 1 unspecified atom stereocenters. The van der Waals surface area contributed by atoms with Crippen LogP contribution >= 0.6 is 34.7 Å². The van der Waals surface area contributed by atoms with Crippen LogP contribution in [0.3, 0.4) is 0 Å². The summed E-state index contributed by atoms with van der Waals surface area (Å²) in [6.07, 6.45) is 2.99. The first-order chi connectivity index (χ1) is 15.6. The van der Waals surface area contributed by atoms with E-state index in [0.29, 0.717) is 27.4 Å². The third kappa shape index (κ3) is 3.92. The van der Waals surface area contributed by atoms with Crippen molar-refractivity contribution in [1.29, 1.82) is 0 Å². The molecule has 0 N–H and O–H groups in total. The van der Waals surface area contributed by atoms with E-state index in [-0.39, 0.29) is 22.5 Å². The molecule has 172 valence electrons. The van der Waals surface area contributed by atoms with Crippen molar-refractivity contribution in [3.05, 3.63) is 55.6 Å². The molecule has 33 heavy (non-hydrogen) atoms. The third-order valence-corrected chi connectivity index (χ3v) is 9.03. The summed E-state index contributed by atoms with van der Waals surface area (Å²) in [7, 11) is 1.74. The van der Waals surface area contributed by atoms with Crippen molar-refractivity contribution in [3.8, 4) is 0 Å². The number of carbonyl (C=O) groups is 1. The summed E-state index contributed by atoms with van der Waals surface area (Å²) in [5.74, 6) is 1.31. The third-order valence-electron chi connectivity index (χ3n) is 6.61. The second-order valence-corrected chi connectivity index (χ2v) is 12.2. The molecule has 0 aliphatic heterocycles. The lowest BCUT2D eigenvalue weighted by Gasteiger charge is -2.33. The highest BCUT2D eigenvalue weighted by Gasteiger charge is 2.32. The molecule has 0 saturated carbocycles. The van der Waals surface area contributed by atoms with Gasteiger partial charge in [-0.2, -0.15) is 0 Å². The molecule has 0 bridgehead atoms. The van der Waals surface area contributed by atoms with Crippen LogP contribution in [-0.4, -0.2) is 30.7 Å². The Bertz CT molecular complexity index is 1440. The average molecular weight is 501 g/mol. The maximum absolute atomic E-state index is 13.3. The largest absolute Gasteiger partial charge is 0.293 e. The van der Waals surface area contributed by atoms with Gasteiger partial charge in [0.1, 0.15) is 4.83 Å². The number of fused-ring (bicyclic) bond motifs is 5. The number of Topliss-reactive ketones (excluding diaryl/α,β-unsaturated/α-hetero) is 1. The zero-order valence-electron chi connectivity index (χ0n) is 19.0. The quantitative estimate of drug-likeness (QED) is 0.276. The molecule has 0 saturated heterocycles. The first-order valence-corrected chi connectivity index (χ1v) is 13.1. The van der Waals surface area contributed by atoms with E-state index in [1.54, 1.807) is 47.2 Å². The van der Waals surface area contributed by atoms with Crippen molar-refractivity contribution >= 4 is 56.5 Å². The number of thiophene rings is 1. The van der Waals surface area contributed by atoms with Crippen LogP contribution in [0.5, 0.6) is 0 Å². The summed E-state index contributed by atoms with van der Waals surface area (Å²) in [5, 5.41) is 10.6. The van der Waals surface area contributed by atoms with E-state index in [0.717, 1.165) is 29.5 Å². The van der Waals surface area contributed by atoms with Gasteiger partial charge in [-0.15, -0.1) is 21.5 Å². The zero-order valence-corrected chi connectivity index (χ0v) is 21.4. The Labute approximate surface area is 205 Å². The first-order valence-electron chi connectivity index (χ1n) is 10.9. The molecule has 5 rings (SSSR count). The van der Waals surface area contributed by atoms with Gasteiger partial charge in [0.05, 0.1) is 11.1 Å². The molecule has 1 aliphatic rings. The fourth-order valence-electron chi connectivity index (χ4n) is 4.55. The van der Waals surface area contributed by atoms with Crippen molar-refractivity contribution in [2.45, 2.75) is 45.2 Å². The Morgan fingerprint density at radius 1 is 1.24 bits per heavy atom. The number of aromatic nitrogens is 4. The molecular formula is C24H25ClN4O2S2. The van der Waals surface area contributed by atoms with Gasteiger partial charge < -0.3 is 0 Å². The highest BCUT2D eigenvalue weighted by molar-refractivity contribution is 7.99. The predicted molar refractivity (Wildman–Crippen MR) is 135 cm³/mol. The number of ketones is 1. The lowest BCUT2D eigenvalue weighted by atomic mass is 9.72. The molecule has 6 nitrogen and oxygen atoms in total. The van der Waals surface area contributed by atoms with E-state index in [2.05, 4.69) is 31.0 Å². The number of halogens is 1. The molecule has 0 fully saturated rings. The van der Waals surface area contributed by atoms with Crippen molar-refractivity contribution < 1.29 is 4.79 Å². The van der Waals surface area contributed by atoms with Gasteiger partial charge in [0, 0.05) is 22.5 Å². The summed E-state index contributed by atoms with van der Waals surface area (Å²) >= 11 is 8.96. The Morgan fingerprint density at radius 3 is 2.67 bits per heavy atom. The van der Waals surface area contributed by atoms with Crippen LogP contribution in [0.25, 0.3) is 16.0 Å². The second kappa shape index (κ2) is 8.25. The van der Waals surface area contributed by atoms with Crippen LogP contribution < -0.4 is 5.56 Å². The SMILES string of the molecule is Cn1c(=O)c2c3c(sc2n2c(SCC(=O)c4ccc(Cl)cc4)nnc12)CC(C(C)(C)C)CC3. The lowest BCUT2D eigenvalue weighted by molar-refractivity contribution is 0.102. The molecule has 3 heterocycles. The average Bonchev–Trinajstić information content (AvgIpc) is 3.36. The topological polar surface area (TPSA) is 69.3 Å². The number of carbonyl (C=O) groups excluding carboxylic acids is 1. The van der Waals surface area contributed by atoms with E-state index in [1.807, 2.05) is 4.40 Å². The number of hydrogen-bond donors (Lipinski definition) is 0. The van der Waals surface area contributed by atoms with Crippen LogP contribution in [-0.2, 0) is 19.9 Å². The number of thioether (sulfide) groups is 1. The molecular weight excluding hydrogens is 476 g/mol. The van der Waals surface area contributed by atoms with E-state index in [4.69, 9.17) is 11.6 Å². The van der Waals surface area contributed by atoms with E-state index in [1.165, 1.54) is 22.2 Å². The van der Waals surface area contributed by atoms with E-state index < -0.39 is 0 Å². The van der Waals surface area contributed by atoms with Crippen molar-refractivity contribution in [1.82, 2.24) is 19.2 Å². The molecule has 9 heteroatoms. The molecule has 0 amide bonds. The van der Waals surface area contributed by atoms with Crippen LogP contribution in [0.4, 0.5) is 0 Å². The smallest absolute Gasteiger partial charge is 0.263 e. The lowest BCUT2D eigenvalue weighted by Crippen LogP contribution is -2.27. The van der Waals surface area contributed by atoms with Gasteiger partial charge in [0.25, 0.3) is 5.56 Å². The van der Waals surface area contributed by atoms with Gasteiger partial charge in [0.15, 0.2) is 10.9 Å². The Kier molecular flexibility index (Phi) is 5.66. The van der Waals surface area contributed by atoms with Crippen LogP contribution in [0.15, 0.2) is 34.2 Å². The molecule has 3 aromatic heterocycles. The van der Waals surface area contributed by atoms with E-state index >= 15 is 0 Å². The minimum atomic E-state index is -0.0228. The van der Waals surface area contributed by atoms with Crippen LogP contribution in [0.1, 0.15) is 48.0 Å². The Hall–Kier alpha value is -2.16. The zero-order chi connectivity index (χ0) is 23.5. The number of benzene rings is 1. The molecule has 0 radical (unpaired) electrons. The number of aryl methyl sites for hydroxylation is 2. The van der Waals surface area contributed by atoms with Crippen LogP contribution in [0.2, 0.25) is 5.02 Å². The summed E-state index contributed by atoms with van der Waals surface area (Å²) < 4.78 is 3.52. The highest BCUT2D eigenvalue weighted by atomic mass is 35.5. The number of hydrogen-bond acceptors (Lipinski definition) is 6. The maximum atomic E-state index is 13.3. The Balaban J connectivity index is 1.56. The van der Waals surface area contributed by atoms with Gasteiger partial charge in [-0.25, -0.2) is 4.40 Å². The van der Waals surface area contributed by atoms with Gasteiger partial charge in [-0.05, 0) is 60.4 Å². The summed E-state index contributed by atoms with van der Waals surface area (Å²) in [6, 6.07) is 6.89.